The molecule has 0 aromatic carbocycles. The SMILES string of the molecule is C.C.CC.C[S-].C[S-].I.II.II.I[I-]I.[CH2-]C.[CH2-]C.[CH2-]C.[CH2-]C.[CH2-]C.[CH2-]C.[CH3-].[S-][S-].[S-][S-].[SH-].[Y].[Y].[Y].[Y].[Y].[Y].[Y]. The fourth-order valence-corrected chi connectivity index (χ4v) is 0. The van der Waals surface area contributed by atoms with E-state index in [2.05, 4.69) is 225 Å². The van der Waals surface area contributed by atoms with Crippen LogP contribution in [0.1, 0.15) is 70.2 Å². The second-order valence-corrected chi connectivity index (χ2v) is 16.3. The summed E-state index contributed by atoms with van der Waals surface area (Å²) in [5.41, 5.74) is 0. The minimum atomic E-state index is 0. The van der Waals surface area contributed by atoms with Gasteiger partial charge in [0.2, 0.25) is 0 Å². The van der Waals surface area contributed by atoms with E-state index in [1.54, 1.807) is 54.1 Å². The Morgan fingerprint density at radius 3 is 0.415 bits per heavy atom. The van der Waals surface area contributed by atoms with E-state index in [9.17, 15) is 0 Å². The third kappa shape index (κ3) is 637. The van der Waals surface area contributed by atoms with E-state index in [-0.39, 0.29) is 289 Å². The first-order valence-electron chi connectivity index (χ1n) is 6.96. The van der Waals surface area contributed by atoms with Crippen LogP contribution in [-0.2, 0) is 314 Å². The van der Waals surface area contributed by atoms with Crippen LogP contribution in [0, 0.1) is 49.0 Å². The topological polar surface area (TPSA) is 0 Å². The van der Waals surface area contributed by atoms with E-state index < -0.39 is 0 Å². The summed E-state index contributed by atoms with van der Waals surface area (Å²) in [5, 5.41) is 0. The molecule has 7 radical (unpaired) electrons. The zero-order valence-electron chi connectivity index (χ0n) is 25.2. The number of halogens is 8. The molecule has 0 aliphatic heterocycles. The fourth-order valence-electron chi connectivity index (χ4n) is 0. The summed E-state index contributed by atoms with van der Waals surface area (Å²) in [7, 11) is 0. The minimum Gasteiger partial charge on any atom is -1.00 e. The van der Waals surface area contributed by atoms with E-state index in [0.717, 1.165) is 0 Å². The molecule has 0 N–H and O–H groups in total. The van der Waals surface area contributed by atoms with Crippen LogP contribution in [0.15, 0.2) is 0 Å². The second kappa shape index (κ2) is 586. The first kappa shape index (κ1) is 186. The molecule has 0 saturated heterocycles. The maximum atomic E-state index is 4.08. The van der Waals surface area contributed by atoms with Crippen LogP contribution in [0.2, 0.25) is 0 Å². The van der Waals surface area contributed by atoms with Gasteiger partial charge in [0.25, 0.3) is 0 Å². The molecule has 0 saturated carbocycles. The third-order valence-corrected chi connectivity index (χ3v) is 0. The van der Waals surface area contributed by atoms with Gasteiger partial charge in [0.05, 0.1) is 0 Å². The average Bonchev–Trinajstić information content (AvgIpc) is 2.94. The molecule has 265 valence electrons. The molecular weight excluding hydrogens is 2090 g/mol. The van der Waals surface area contributed by atoms with Gasteiger partial charge in [-0.3, -0.25) is 0 Å². The second-order valence-electron chi connectivity index (χ2n) is 0.0540. The van der Waals surface area contributed by atoms with Gasteiger partial charge in [-0.15, -0.1) is 24.0 Å². The molecule has 0 unspecified atom stereocenters. The molecule has 22 heteroatoms. The van der Waals surface area contributed by atoms with Crippen molar-refractivity contribution in [1.82, 2.24) is 0 Å². The van der Waals surface area contributed by atoms with E-state index in [1.165, 1.54) is 0 Å². The van der Waals surface area contributed by atoms with Gasteiger partial charge in [0, 0.05) is 303 Å². The molecule has 0 bridgehead atoms. The Morgan fingerprint density at radius 2 is 0.415 bits per heavy atom. The van der Waals surface area contributed by atoms with E-state index >= 15 is 0 Å². The molecule has 0 fully saturated rings. The van der Waals surface area contributed by atoms with Gasteiger partial charge in [0.15, 0.2) is 0 Å². The first-order chi connectivity index (χ1) is 14.4. The van der Waals surface area contributed by atoms with Crippen LogP contribution in [-0.4, -0.2) is 12.5 Å². The Hall–Kier alpha value is 16.0. The average molecular weight is 2150 g/mol. The van der Waals surface area contributed by atoms with Crippen molar-refractivity contribution in [3.05, 3.63) is 49.0 Å². The van der Waals surface area contributed by atoms with Gasteiger partial charge in [-0.05, 0) is 0 Å². The molecule has 0 nitrogen and oxygen atoms in total. The predicted octanol–water partition coefficient (Wildman–Crippen LogP) is 10.8. The summed E-state index contributed by atoms with van der Waals surface area (Å²) >= 11 is 36.6. The van der Waals surface area contributed by atoms with Gasteiger partial charge in [-0.2, -0.15) is 54.1 Å². The Kier molecular flexibility index (Phi) is 2660. The smallest absolute Gasteiger partial charge is 0 e. The first-order valence-corrected chi connectivity index (χ1v) is 36.4. The minimum absolute atomic E-state index is 0. The van der Waals surface area contributed by atoms with Crippen LogP contribution in [0.5, 0.6) is 0 Å². The summed E-state index contributed by atoms with van der Waals surface area (Å²) in [5.74, 6) is 0. The number of thiol groups is 1. The molecule has 0 aromatic rings. The van der Waals surface area contributed by atoms with Crippen molar-refractivity contribution < 1.29 is 242 Å². The van der Waals surface area contributed by atoms with Gasteiger partial charge >= 0.3 is 50.5 Å². The van der Waals surface area contributed by atoms with E-state index in [4.69, 9.17) is 0 Å². The monoisotopic (exact) mass is 2140 g/mol. The largest absolute Gasteiger partial charge is 1.00 e. The number of rotatable bonds is 0. The van der Waals surface area contributed by atoms with Crippen molar-refractivity contribution in [1.29, 1.82) is 0 Å². The van der Waals surface area contributed by atoms with Crippen molar-refractivity contribution in [3.63, 3.8) is 0 Å². The van der Waals surface area contributed by atoms with Crippen LogP contribution < -0.4 is 13.3 Å². The number of hydrogen-bond acceptors (Lipinski definition) is 7. The molecule has 0 aliphatic rings. The van der Waals surface area contributed by atoms with Gasteiger partial charge < -0.3 is 134 Å². The summed E-state index contributed by atoms with van der Waals surface area (Å²) in [4.78, 5) is 0. The Bertz CT molecular complexity index is 75.6. The molecule has 0 heterocycles. The van der Waals surface area contributed by atoms with Crippen LogP contribution in [0.25, 0.3) is 0 Å². The molecular formula is C19H55I8S7Y7-15. The van der Waals surface area contributed by atoms with Crippen molar-refractivity contribution in [3.8, 4) is 0 Å². The van der Waals surface area contributed by atoms with Crippen LogP contribution >= 0.6 is 136 Å². The van der Waals surface area contributed by atoms with Crippen LogP contribution in [0.3, 0.4) is 0 Å². The zero-order valence-corrected chi connectivity index (χ0v) is 68.3. The van der Waals surface area contributed by atoms with E-state index in [1.807, 2.05) is 13.8 Å². The Labute approximate surface area is 577 Å². The normalized spacial score (nSPS) is 2.44. The molecule has 0 spiro atoms. The molecule has 41 heavy (non-hydrogen) atoms. The maximum absolute atomic E-state index is 4.08. The summed E-state index contributed by atoms with van der Waals surface area (Å²) in [6.45, 7) is 34.0. The van der Waals surface area contributed by atoms with Gasteiger partial charge in [-0.1, -0.05) is 28.7 Å². The van der Waals surface area contributed by atoms with Crippen molar-refractivity contribution in [2.45, 2.75) is 70.2 Å². The Morgan fingerprint density at radius 1 is 0.415 bits per heavy atom. The summed E-state index contributed by atoms with van der Waals surface area (Å²) in [6.07, 6.45) is 3.17. The van der Waals surface area contributed by atoms with Crippen LogP contribution in [0.4, 0.5) is 0 Å². The standard InChI is InChI=1S/C2H6.6C2H5.2CH4S.2CH4.CH3.I3.2I2.HI.2S2.H2S.7Y/c9*1-2;;;;1-3-2;2*1-2;;2*1-2;;;;;;;;/h1-2H3;6*1H2,2H3;2*2H,1H3;2*1H4;1H3;;;;1H;;;1H2;;;;;;;/q;6*-1;;;;;2*-1;;;;2*-2;;;;;;;;/p-3. The molecule has 0 amide bonds. The quantitative estimate of drug-likeness (QED) is 0.0769. The number of hydrogen-bond donors (Lipinski definition) is 0. The zero-order chi connectivity index (χ0) is 28.7. The Balaban J connectivity index is -0.00000000241. The molecule has 0 atom stereocenters. The molecule has 0 aliphatic carbocycles. The maximum Gasteiger partial charge on any atom is 0 e. The fraction of sp³-hybridized carbons (Fsp3) is 0.632. The molecule has 0 rings (SSSR count). The van der Waals surface area contributed by atoms with Gasteiger partial charge in [-0.25, -0.2) is 0 Å². The third-order valence-electron chi connectivity index (χ3n) is 0. The van der Waals surface area contributed by atoms with Crippen molar-refractivity contribution in [2.24, 2.45) is 0 Å². The molecule has 0 aromatic heterocycles. The van der Waals surface area contributed by atoms with Gasteiger partial charge in [0.1, 0.15) is 0 Å². The summed E-state index contributed by atoms with van der Waals surface area (Å²) in [6, 6.07) is 0. The summed E-state index contributed by atoms with van der Waals surface area (Å²) < 4.78 is 0. The van der Waals surface area contributed by atoms with Crippen molar-refractivity contribution >= 4 is 221 Å². The predicted molar refractivity (Wildman–Crippen MR) is 262 cm³/mol. The van der Waals surface area contributed by atoms with E-state index in [0.29, 0.717) is 13.3 Å². The van der Waals surface area contributed by atoms with Crippen molar-refractivity contribution in [2.75, 3.05) is 12.5 Å².